The second kappa shape index (κ2) is 6.17. The normalized spacial score (nSPS) is 22.2. The Hall–Kier alpha value is -1.38. The molecule has 1 heterocycles. The summed E-state index contributed by atoms with van der Waals surface area (Å²) in [5, 5.41) is 3.65. The van der Waals surface area contributed by atoms with Crippen LogP contribution in [0.3, 0.4) is 0 Å². The average Bonchev–Trinajstić information content (AvgIpc) is 2.50. The fourth-order valence-corrected chi connectivity index (χ4v) is 3.37. The van der Waals surface area contributed by atoms with Crippen LogP contribution in [0.4, 0.5) is 4.39 Å². The van der Waals surface area contributed by atoms with Crippen molar-refractivity contribution < 1.29 is 4.39 Å². The zero-order valence-corrected chi connectivity index (χ0v) is 12.8. The van der Waals surface area contributed by atoms with Crippen molar-refractivity contribution in [2.24, 2.45) is 0 Å². The Labute approximate surface area is 130 Å². The van der Waals surface area contributed by atoms with Crippen LogP contribution < -0.4 is 5.32 Å². The fourth-order valence-electron chi connectivity index (χ4n) is 3.25. The lowest BCUT2D eigenvalue weighted by molar-refractivity contribution is 0.403. The Morgan fingerprint density at radius 1 is 1.10 bits per heavy atom. The molecule has 1 aliphatic rings. The summed E-state index contributed by atoms with van der Waals surface area (Å²) in [7, 11) is 0. The van der Waals surface area contributed by atoms with Crippen LogP contribution in [0.25, 0.3) is 0 Å². The van der Waals surface area contributed by atoms with Crippen molar-refractivity contribution >= 4 is 11.6 Å². The number of hydrogen-bond acceptors (Lipinski definition) is 1. The highest BCUT2D eigenvalue weighted by Gasteiger charge is 2.28. The van der Waals surface area contributed by atoms with E-state index in [9.17, 15) is 4.39 Å². The zero-order valence-electron chi connectivity index (χ0n) is 12.1. The Morgan fingerprint density at radius 2 is 1.90 bits per heavy atom. The lowest BCUT2D eigenvalue weighted by Gasteiger charge is -2.33. The van der Waals surface area contributed by atoms with E-state index in [4.69, 9.17) is 11.6 Å². The molecule has 2 unspecified atom stereocenters. The third kappa shape index (κ3) is 3.12. The standard InChI is InChI=1S/C18H19ClFN/c1-12-3-2-4-13(9-12)16-11-21-8-7-15(16)14-5-6-17(19)18(20)10-14/h2-6,9-10,15-16,21H,7-8,11H2,1H3. The Morgan fingerprint density at radius 3 is 2.67 bits per heavy atom. The van der Waals surface area contributed by atoms with Crippen molar-refractivity contribution in [3.05, 3.63) is 70.0 Å². The van der Waals surface area contributed by atoms with Crippen LogP contribution in [-0.4, -0.2) is 13.1 Å². The van der Waals surface area contributed by atoms with Gasteiger partial charge in [0.1, 0.15) is 5.82 Å². The highest BCUT2D eigenvalue weighted by Crippen LogP contribution is 2.38. The number of hydrogen-bond donors (Lipinski definition) is 1. The number of benzene rings is 2. The second-order valence-corrected chi connectivity index (χ2v) is 6.20. The van der Waals surface area contributed by atoms with Gasteiger partial charge in [0.05, 0.1) is 5.02 Å². The smallest absolute Gasteiger partial charge is 0.142 e. The molecular weight excluding hydrogens is 285 g/mol. The molecule has 0 aromatic heterocycles. The van der Waals surface area contributed by atoms with Crippen LogP contribution in [0.2, 0.25) is 5.02 Å². The van der Waals surface area contributed by atoms with Gasteiger partial charge in [0.25, 0.3) is 0 Å². The van der Waals surface area contributed by atoms with Gasteiger partial charge >= 0.3 is 0 Å². The summed E-state index contributed by atoms with van der Waals surface area (Å²) in [6.07, 6.45) is 1.01. The molecule has 1 N–H and O–H groups in total. The van der Waals surface area contributed by atoms with Gasteiger partial charge in [-0.3, -0.25) is 0 Å². The first-order chi connectivity index (χ1) is 10.1. The van der Waals surface area contributed by atoms with Crippen LogP contribution in [0.15, 0.2) is 42.5 Å². The number of rotatable bonds is 2. The summed E-state index contributed by atoms with van der Waals surface area (Å²) in [4.78, 5) is 0. The maximum atomic E-state index is 13.8. The monoisotopic (exact) mass is 303 g/mol. The van der Waals surface area contributed by atoms with Gasteiger partial charge in [0, 0.05) is 12.5 Å². The summed E-state index contributed by atoms with van der Waals surface area (Å²) in [6.45, 7) is 4.01. The van der Waals surface area contributed by atoms with E-state index in [-0.39, 0.29) is 10.8 Å². The largest absolute Gasteiger partial charge is 0.316 e. The van der Waals surface area contributed by atoms with Crippen molar-refractivity contribution in [2.75, 3.05) is 13.1 Å². The Kier molecular flexibility index (Phi) is 4.27. The molecule has 0 aliphatic carbocycles. The zero-order chi connectivity index (χ0) is 14.8. The molecule has 2 aromatic carbocycles. The molecule has 0 spiro atoms. The summed E-state index contributed by atoms with van der Waals surface area (Å²) >= 11 is 5.81. The van der Waals surface area contributed by atoms with Crippen LogP contribution in [0.5, 0.6) is 0 Å². The molecule has 2 aromatic rings. The third-order valence-corrected chi connectivity index (χ3v) is 4.63. The molecule has 21 heavy (non-hydrogen) atoms. The van der Waals surface area contributed by atoms with E-state index in [1.165, 1.54) is 11.1 Å². The lowest BCUT2D eigenvalue weighted by atomic mass is 9.77. The fraction of sp³-hybridized carbons (Fsp3) is 0.333. The summed E-state index contributed by atoms with van der Waals surface area (Å²) in [5.41, 5.74) is 3.63. The summed E-state index contributed by atoms with van der Waals surface area (Å²) < 4.78 is 13.8. The van der Waals surface area contributed by atoms with Crippen LogP contribution in [0, 0.1) is 12.7 Å². The topological polar surface area (TPSA) is 12.0 Å². The predicted octanol–water partition coefficient (Wildman–Crippen LogP) is 4.65. The molecule has 1 aliphatic heterocycles. The first-order valence-electron chi connectivity index (χ1n) is 7.37. The molecular formula is C18H19ClFN. The van der Waals surface area contributed by atoms with Gasteiger partial charge in [-0.25, -0.2) is 4.39 Å². The van der Waals surface area contributed by atoms with E-state index in [0.717, 1.165) is 25.1 Å². The van der Waals surface area contributed by atoms with E-state index >= 15 is 0 Å². The van der Waals surface area contributed by atoms with Crippen molar-refractivity contribution in [1.82, 2.24) is 5.32 Å². The molecule has 3 heteroatoms. The molecule has 1 nitrogen and oxygen atoms in total. The minimum atomic E-state index is -0.323. The Balaban J connectivity index is 1.96. The highest BCUT2D eigenvalue weighted by atomic mass is 35.5. The molecule has 0 radical (unpaired) electrons. The first-order valence-corrected chi connectivity index (χ1v) is 7.75. The van der Waals surface area contributed by atoms with E-state index in [1.54, 1.807) is 12.1 Å². The summed E-state index contributed by atoms with van der Waals surface area (Å²) in [6, 6.07) is 13.8. The average molecular weight is 304 g/mol. The van der Waals surface area contributed by atoms with Gasteiger partial charge in [-0.1, -0.05) is 47.5 Å². The molecule has 0 amide bonds. The lowest BCUT2D eigenvalue weighted by Crippen LogP contribution is -2.34. The predicted molar refractivity (Wildman–Crippen MR) is 85.6 cm³/mol. The van der Waals surface area contributed by atoms with Crippen molar-refractivity contribution in [1.29, 1.82) is 0 Å². The minimum Gasteiger partial charge on any atom is -0.316 e. The molecule has 2 atom stereocenters. The van der Waals surface area contributed by atoms with Gasteiger partial charge in [-0.2, -0.15) is 0 Å². The first kappa shape index (κ1) is 14.6. The number of nitrogens with one attached hydrogen (secondary N) is 1. The van der Waals surface area contributed by atoms with E-state index in [1.807, 2.05) is 6.07 Å². The van der Waals surface area contributed by atoms with Crippen LogP contribution in [-0.2, 0) is 0 Å². The number of halogens is 2. The second-order valence-electron chi connectivity index (χ2n) is 5.79. The number of piperidine rings is 1. The molecule has 0 saturated carbocycles. The maximum Gasteiger partial charge on any atom is 0.142 e. The molecule has 1 saturated heterocycles. The SMILES string of the molecule is Cc1cccc(C2CNCCC2c2ccc(Cl)c(F)c2)c1. The van der Waals surface area contributed by atoms with E-state index < -0.39 is 0 Å². The van der Waals surface area contributed by atoms with Crippen LogP contribution in [0.1, 0.15) is 34.9 Å². The Bertz CT molecular complexity index is 641. The molecule has 3 rings (SSSR count). The van der Waals surface area contributed by atoms with Gasteiger partial charge in [-0.05, 0) is 49.1 Å². The van der Waals surface area contributed by atoms with Gasteiger partial charge in [-0.15, -0.1) is 0 Å². The number of aryl methyl sites for hydroxylation is 1. The highest BCUT2D eigenvalue weighted by molar-refractivity contribution is 6.30. The van der Waals surface area contributed by atoms with E-state index in [2.05, 4.69) is 36.5 Å². The minimum absolute atomic E-state index is 0.194. The van der Waals surface area contributed by atoms with Crippen molar-refractivity contribution in [3.8, 4) is 0 Å². The molecule has 0 bridgehead atoms. The molecule has 1 fully saturated rings. The maximum absolute atomic E-state index is 13.8. The van der Waals surface area contributed by atoms with Gasteiger partial charge < -0.3 is 5.32 Å². The third-order valence-electron chi connectivity index (χ3n) is 4.32. The molecule has 110 valence electrons. The quantitative estimate of drug-likeness (QED) is 0.851. The van der Waals surface area contributed by atoms with Crippen molar-refractivity contribution in [3.63, 3.8) is 0 Å². The van der Waals surface area contributed by atoms with E-state index in [0.29, 0.717) is 11.8 Å². The summed E-state index contributed by atoms with van der Waals surface area (Å²) in [5.74, 6) is 0.384. The van der Waals surface area contributed by atoms with Crippen LogP contribution >= 0.6 is 11.6 Å². The van der Waals surface area contributed by atoms with Crippen molar-refractivity contribution in [2.45, 2.75) is 25.2 Å². The van der Waals surface area contributed by atoms with Gasteiger partial charge in [0.15, 0.2) is 0 Å². The van der Waals surface area contributed by atoms with Gasteiger partial charge in [0.2, 0.25) is 0 Å².